The largest absolute Gasteiger partial charge is 0.385 e. The molecular weight excluding hydrogens is 264 g/mol. The monoisotopic (exact) mass is 298 g/mol. The van der Waals surface area contributed by atoms with Crippen LogP contribution in [0.1, 0.15) is 38.5 Å². The van der Waals surface area contributed by atoms with Gasteiger partial charge in [0.2, 0.25) is 0 Å². The first-order chi connectivity index (χ1) is 10.2. The van der Waals surface area contributed by atoms with Crippen LogP contribution in [-0.4, -0.2) is 64.9 Å². The van der Waals surface area contributed by atoms with E-state index in [0.717, 1.165) is 38.0 Å². The molecule has 21 heavy (non-hydrogen) atoms. The zero-order chi connectivity index (χ0) is 15.5. The van der Waals surface area contributed by atoms with E-state index in [1.165, 1.54) is 32.1 Å². The summed E-state index contributed by atoms with van der Waals surface area (Å²) in [5.41, 5.74) is 0. The summed E-state index contributed by atoms with van der Waals surface area (Å²) in [6, 6.07) is 0.586. The topological polar surface area (TPSA) is 48.9 Å². The van der Waals surface area contributed by atoms with Gasteiger partial charge in [0, 0.05) is 39.9 Å². The molecule has 5 heteroatoms. The SMILES string of the molecule is CN=C(NCCCOC)NCC(C1CCCCC1)N(C)C. The van der Waals surface area contributed by atoms with Crippen LogP contribution in [0.5, 0.6) is 0 Å². The minimum absolute atomic E-state index is 0.586. The molecule has 1 aliphatic carbocycles. The van der Waals surface area contributed by atoms with Crippen LogP contribution < -0.4 is 10.6 Å². The van der Waals surface area contributed by atoms with Crippen LogP contribution in [0.2, 0.25) is 0 Å². The second-order valence-corrected chi connectivity index (χ2v) is 6.16. The Kier molecular flexibility index (Phi) is 9.42. The van der Waals surface area contributed by atoms with Gasteiger partial charge in [0.05, 0.1) is 0 Å². The Hall–Kier alpha value is -0.810. The zero-order valence-electron chi connectivity index (χ0n) is 14.3. The van der Waals surface area contributed by atoms with Gasteiger partial charge < -0.3 is 20.3 Å². The van der Waals surface area contributed by atoms with Crippen LogP contribution >= 0.6 is 0 Å². The van der Waals surface area contributed by atoms with Crippen LogP contribution in [0.15, 0.2) is 4.99 Å². The lowest BCUT2D eigenvalue weighted by Crippen LogP contribution is -2.48. The molecule has 1 unspecified atom stereocenters. The van der Waals surface area contributed by atoms with E-state index in [1.807, 2.05) is 7.05 Å². The Balaban J connectivity index is 2.36. The van der Waals surface area contributed by atoms with Gasteiger partial charge >= 0.3 is 0 Å². The number of aliphatic imine (C=N–C) groups is 1. The summed E-state index contributed by atoms with van der Waals surface area (Å²) in [7, 11) is 7.95. The van der Waals surface area contributed by atoms with Crippen LogP contribution in [-0.2, 0) is 4.74 Å². The predicted molar refractivity (Wildman–Crippen MR) is 89.9 cm³/mol. The van der Waals surface area contributed by atoms with E-state index in [9.17, 15) is 0 Å². The standard InChI is InChI=1S/C16H34N4O/c1-17-16(18-11-8-12-21-4)19-13-15(20(2)3)14-9-6-5-7-10-14/h14-15H,5-13H2,1-4H3,(H2,17,18,19). The van der Waals surface area contributed by atoms with Gasteiger partial charge in [0.1, 0.15) is 0 Å². The van der Waals surface area contributed by atoms with Crippen molar-refractivity contribution < 1.29 is 4.74 Å². The number of hydrogen-bond donors (Lipinski definition) is 2. The smallest absolute Gasteiger partial charge is 0.191 e. The van der Waals surface area contributed by atoms with Crippen molar-refractivity contribution in [2.75, 3.05) is 47.9 Å². The number of guanidine groups is 1. The molecule has 1 rings (SSSR count). The van der Waals surface area contributed by atoms with Gasteiger partial charge in [-0.15, -0.1) is 0 Å². The first-order valence-electron chi connectivity index (χ1n) is 8.29. The van der Waals surface area contributed by atoms with E-state index in [0.29, 0.717) is 6.04 Å². The second kappa shape index (κ2) is 10.9. The Morgan fingerprint density at radius 3 is 2.52 bits per heavy atom. The third kappa shape index (κ3) is 7.14. The normalized spacial score (nSPS) is 18.8. The van der Waals surface area contributed by atoms with E-state index in [-0.39, 0.29) is 0 Å². The molecule has 0 aromatic carbocycles. The summed E-state index contributed by atoms with van der Waals surface area (Å²) in [5.74, 6) is 1.71. The van der Waals surface area contributed by atoms with Gasteiger partial charge in [-0.3, -0.25) is 4.99 Å². The lowest BCUT2D eigenvalue weighted by Gasteiger charge is -2.35. The number of ether oxygens (including phenoxy) is 1. The lowest BCUT2D eigenvalue weighted by atomic mass is 9.83. The molecule has 1 fully saturated rings. The van der Waals surface area contributed by atoms with Crippen molar-refractivity contribution in [3.8, 4) is 0 Å². The van der Waals surface area contributed by atoms with Crippen molar-refractivity contribution in [1.82, 2.24) is 15.5 Å². The van der Waals surface area contributed by atoms with Crippen molar-refractivity contribution in [2.45, 2.75) is 44.6 Å². The number of nitrogens with zero attached hydrogens (tertiary/aromatic N) is 2. The van der Waals surface area contributed by atoms with E-state index in [4.69, 9.17) is 4.74 Å². The van der Waals surface area contributed by atoms with Crippen LogP contribution in [0, 0.1) is 5.92 Å². The molecule has 124 valence electrons. The zero-order valence-corrected chi connectivity index (χ0v) is 14.3. The third-order valence-electron chi connectivity index (χ3n) is 4.38. The van der Waals surface area contributed by atoms with Crippen molar-refractivity contribution >= 4 is 5.96 Å². The molecule has 0 aromatic heterocycles. The minimum Gasteiger partial charge on any atom is -0.385 e. The fraction of sp³-hybridized carbons (Fsp3) is 0.938. The van der Waals surface area contributed by atoms with Gasteiger partial charge in [-0.2, -0.15) is 0 Å². The average molecular weight is 298 g/mol. The first kappa shape index (κ1) is 18.2. The van der Waals surface area contributed by atoms with Gasteiger partial charge in [-0.05, 0) is 39.3 Å². The molecule has 0 radical (unpaired) electrons. The molecule has 0 aliphatic heterocycles. The molecule has 1 saturated carbocycles. The molecule has 5 nitrogen and oxygen atoms in total. The second-order valence-electron chi connectivity index (χ2n) is 6.16. The maximum Gasteiger partial charge on any atom is 0.191 e. The quantitative estimate of drug-likeness (QED) is 0.407. The maximum atomic E-state index is 5.06. The van der Waals surface area contributed by atoms with Crippen LogP contribution in [0.3, 0.4) is 0 Å². The predicted octanol–water partition coefficient (Wildman–Crippen LogP) is 1.70. The lowest BCUT2D eigenvalue weighted by molar-refractivity contribution is 0.171. The Morgan fingerprint density at radius 1 is 1.24 bits per heavy atom. The summed E-state index contributed by atoms with van der Waals surface area (Å²) in [6.45, 7) is 2.64. The molecular formula is C16H34N4O. The highest BCUT2D eigenvalue weighted by atomic mass is 16.5. The molecule has 0 saturated heterocycles. The number of methoxy groups -OCH3 is 1. The Morgan fingerprint density at radius 2 is 1.95 bits per heavy atom. The minimum atomic E-state index is 0.586. The van der Waals surface area contributed by atoms with Gasteiger partial charge in [0.15, 0.2) is 5.96 Å². The average Bonchev–Trinajstić information content (AvgIpc) is 2.50. The summed E-state index contributed by atoms with van der Waals surface area (Å²) in [5, 5.41) is 6.82. The summed E-state index contributed by atoms with van der Waals surface area (Å²) >= 11 is 0. The van der Waals surface area contributed by atoms with Crippen LogP contribution in [0.25, 0.3) is 0 Å². The van der Waals surface area contributed by atoms with Crippen molar-refractivity contribution in [1.29, 1.82) is 0 Å². The summed E-state index contributed by atoms with van der Waals surface area (Å²) in [6.07, 6.45) is 7.91. The van der Waals surface area contributed by atoms with E-state index in [2.05, 4.69) is 34.6 Å². The highest BCUT2D eigenvalue weighted by Crippen LogP contribution is 2.27. The van der Waals surface area contributed by atoms with E-state index in [1.54, 1.807) is 7.11 Å². The highest BCUT2D eigenvalue weighted by Gasteiger charge is 2.25. The molecule has 1 atom stereocenters. The summed E-state index contributed by atoms with van der Waals surface area (Å²) < 4.78 is 5.06. The van der Waals surface area contributed by atoms with Crippen molar-refractivity contribution in [3.63, 3.8) is 0 Å². The van der Waals surface area contributed by atoms with E-state index < -0.39 is 0 Å². The number of rotatable bonds is 8. The fourth-order valence-corrected chi connectivity index (χ4v) is 3.13. The number of likely N-dealkylation sites (N-methyl/N-ethyl adjacent to an activating group) is 1. The third-order valence-corrected chi connectivity index (χ3v) is 4.38. The number of hydrogen-bond acceptors (Lipinski definition) is 3. The number of nitrogens with one attached hydrogen (secondary N) is 2. The molecule has 0 amide bonds. The fourth-order valence-electron chi connectivity index (χ4n) is 3.13. The Bertz CT molecular complexity index is 288. The van der Waals surface area contributed by atoms with Gasteiger partial charge in [0.25, 0.3) is 0 Å². The van der Waals surface area contributed by atoms with Crippen LogP contribution in [0.4, 0.5) is 0 Å². The van der Waals surface area contributed by atoms with Gasteiger partial charge in [-0.25, -0.2) is 0 Å². The highest BCUT2D eigenvalue weighted by molar-refractivity contribution is 5.79. The molecule has 0 heterocycles. The molecule has 2 N–H and O–H groups in total. The Labute approximate surface area is 130 Å². The maximum absolute atomic E-state index is 5.06. The molecule has 0 bridgehead atoms. The van der Waals surface area contributed by atoms with Gasteiger partial charge in [-0.1, -0.05) is 19.3 Å². The molecule has 1 aliphatic rings. The van der Waals surface area contributed by atoms with Crippen molar-refractivity contribution in [3.05, 3.63) is 0 Å². The summed E-state index contributed by atoms with van der Waals surface area (Å²) in [4.78, 5) is 6.66. The molecule has 0 spiro atoms. The first-order valence-corrected chi connectivity index (χ1v) is 8.29. The van der Waals surface area contributed by atoms with E-state index >= 15 is 0 Å². The molecule has 0 aromatic rings. The van der Waals surface area contributed by atoms with Crippen molar-refractivity contribution in [2.24, 2.45) is 10.9 Å².